The molecule has 0 aliphatic rings. The number of carbonyl (C=O) groups excluding carboxylic acids is 1. The monoisotopic (exact) mass is 286 g/mol. The van der Waals surface area contributed by atoms with Gasteiger partial charge < -0.3 is 10.6 Å². The van der Waals surface area contributed by atoms with Crippen LogP contribution in [0.3, 0.4) is 0 Å². The maximum atomic E-state index is 12.1. The molecule has 0 saturated heterocycles. The van der Waals surface area contributed by atoms with Crippen LogP contribution >= 0.6 is 11.6 Å². The molecule has 1 amide bonds. The summed E-state index contributed by atoms with van der Waals surface area (Å²) in [5, 5.41) is 14.8. The molecule has 0 spiro atoms. The van der Waals surface area contributed by atoms with Crippen molar-refractivity contribution in [3.05, 3.63) is 52.8 Å². The van der Waals surface area contributed by atoms with Crippen LogP contribution < -0.4 is 10.6 Å². The second kappa shape index (κ2) is 6.04. The van der Waals surface area contributed by atoms with Gasteiger partial charge in [-0.05, 0) is 30.3 Å². The van der Waals surface area contributed by atoms with Crippen molar-refractivity contribution in [2.45, 2.75) is 0 Å². The molecule has 100 valence electrons. The Labute approximate surface area is 121 Å². The molecule has 2 rings (SSSR count). The van der Waals surface area contributed by atoms with Crippen molar-refractivity contribution in [3.8, 4) is 6.07 Å². The van der Waals surface area contributed by atoms with Crippen LogP contribution in [0.5, 0.6) is 0 Å². The van der Waals surface area contributed by atoms with Crippen molar-refractivity contribution < 1.29 is 4.79 Å². The number of pyridine rings is 1. The molecule has 0 bridgehead atoms. The number of hydrogen-bond donors (Lipinski definition) is 2. The minimum Gasteiger partial charge on any atom is -0.388 e. The summed E-state index contributed by atoms with van der Waals surface area (Å²) < 4.78 is 0. The number of nitriles is 1. The zero-order valence-electron chi connectivity index (χ0n) is 10.6. The van der Waals surface area contributed by atoms with Crippen molar-refractivity contribution in [1.82, 2.24) is 4.98 Å². The molecule has 0 radical (unpaired) electrons. The third kappa shape index (κ3) is 3.05. The quantitative estimate of drug-likeness (QED) is 0.909. The molecule has 0 fully saturated rings. The second-order valence-corrected chi connectivity index (χ2v) is 4.35. The van der Waals surface area contributed by atoms with Crippen LogP contribution in [0.4, 0.5) is 11.4 Å². The van der Waals surface area contributed by atoms with Gasteiger partial charge in [0.2, 0.25) is 0 Å². The third-order valence-electron chi connectivity index (χ3n) is 2.62. The van der Waals surface area contributed by atoms with Gasteiger partial charge in [0.25, 0.3) is 5.91 Å². The first kappa shape index (κ1) is 13.8. The van der Waals surface area contributed by atoms with E-state index in [1.54, 1.807) is 31.3 Å². The SMILES string of the molecule is CNc1ccnc(C(=O)Nc2cc(C#N)ccc2Cl)c1. The number of anilines is 2. The van der Waals surface area contributed by atoms with Gasteiger partial charge in [-0.15, -0.1) is 0 Å². The number of aromatic nitrogens is 1. The molecule has 0 atom stereocenters. The van der Waals surface area contributed by atoms with Crippen molar-refractivity contribution >= 4 is 28.9 Å². The smallest absolute Gasteiger partial charge is 0.274 e. The fourth-order valence-electron chi connectivity index (χ4n) is 1.59. The molecule has 0 aliphatic carbocycles. The number of nitrogens with one attached hydrogen (secondary N) is 2. The van der Waals surface area contributed by atoms with E-state index < -0.39 is 0 Å². The molecule has 1 aromatic carbocycles. The predicted octanol–water partition coefficient (Wildman–Crippen LogP) is 2.90. The molecule has 20 heavy (non-hydrogen) atoms. The Balaban J connectivity index is 2.25. The molecule has 1 heterocycles. The number of nitrogens with zero attached hydrogens (tertiary/aromatic N) is 2. The first-order valence-corrected chi connectivity index (χ1v) is 6.16. The molecular weight excluding hydrogens is 276 g/mol. The van der Waals surface area contributed by atoms with Crippen molar-refractivity contribution in [1.29, 1.82) is 5.26 Å². The highest BCUT2D eigenvalue weighted by Crippen LogP contribution is 2.23. The summed E-state index contributed by atoms with van der Waals surface area (Å²) >= 11 is 5.99. The lowest BCUT2D eigenvalue weighted by atomic mass is 10.2. The van der Waals surface area contributed by atoms with Gasteiger partial charge in [-0.1, -0.05) is 11.6 Å². The Morgan fingerprint density at radius 1 is 1.35 bits per heavy atom. The van der Waals surface area contributed by atoms with Crippen LogP contribution in [0.2, 0.25) is 5.02 Å². The van der Waals surface area contributed by atoms with E-state index in [0.29, 0.717) is 16.3 Å². The Hall–Kier alpha value is -2.58. The maximum absolute atomic E-state index is 12.1. The number of amides is 1. The van der Waals surface area contributed by atoms with Gasteiger partial charge in [0.15, 0.2) is 0 Å². The first-order valence-electron chi connectivity index (χ1n) is 5.79. The van der Waals surface area contributed by atoms with Crippen LogP contribution in [0.1, 0.15) is 16.1 Å². The second-order valence-electron chi connectivity index (χ2n) is 3.94. The van der Waals surface area contributed by atoms with Gasteiger partial charge in [-0.3, -0.25) is 9.78 Å². The van der Waals surface area contributed by atoms with Crippen molar-refractivity contribution in [2.24, 2.45) is 0 Å². The van der Waals surface area contributed by atoms with Crippen molar-refractivity contribution in [2.75, 3.05) is 17.7 Å². The first-order chi connectivity index (χ1) is 9.63. The summed E-state index contributed by atoms with van der Waals surface area (Å²) in [6.07, 6.45) is 1.54. The van der Waals surface area contributed by atoms with E-state index in [4.69, 9.17) is 16.9 Å². The molecule has 0 aliphatic heterocycles. The van der Waals surface area contributed by atoms with Gasteiger partial charge in [-0.2, -0.15) is 5.26 Å². The van der Waals surface area contributed by atoms with Gasteiger partial charge in [0.1, 0.15) is 5.69 Å². The summed E-state index contributed by atoms with van der Waals surface area (Å²) in [4.78, 5) is 16.1. The minimum absolute atomic E-state index is 0.260. The molecule has 6 heteroatoms. The van der Waals surface area contributed by atoms with Gasteiger partial charge in [-0.25, -0.2) is 0 Å². The van der Waals surface area contributed by atoms with Gasteiger partial charge >= 0.3 is 0 Å². The van der Waals surface area contributed by atoms with Crippen LogP contribution in [-0.4, -0.2) is 17.9 Å². The molecule has 0 saturated carbocycles. The van der Waals surface area contributed by atoms with Crippen LogP contribution in [-0.2, 0) is 0 Å². The van der Waals surface area contributed by atoms with E-state index in [-0.39, 0.29) is 11.6 Å². The third-order valence-corrected chi connectivity index (χ3v) is 2.95. The van der Waals surface area contributed by atoms with Crippen LogP contribution in [0.15, 0.2) is 36.5 Å². The summed E-state index contributed by atoms with van der Waals surface area (Å²) in [6, 6.07) is 10.0. The summed E-state index contributed by atoms with van der Waals surface area (Å²) in [6.45, 7) is 0. The normalized spacial score (nSPS) is 9.65. The van der Waals surface area contributed by atoms with E-state index in [1.165, 1.54) is 12.3 Å². The molecule has 2 N–H and O–H groups in total. The zero-order valence-corrected chi connectivity index (χ0v) is 11.4. The number of halogens is 1. The van der Waals surface area contributed by atoms with Crippen LogP contribution in [0.25, 0.3) is 0 Å². The molecular formula is C14H11ClN4O. The van der Waals surface area contributed by atoms with Crippen LogP contribution in [0, 0.1) is 11.3 Å². The van der Waals surface area contributed by atoms with Crippen molar-refractivity contribution in [3.63, 3.8) is 0 Å². The van der Waals surface area contributed by atoms with E-state index in [9.17, 15) is 4.79 Å². The van der Waals surface area contributed by atoms with E-state index in [1.807, 2.05) is 6.07 Å². The summed E-state index contributed by atoms with van der Waals surface area (Å²) in [5.41, 5.74) is 1.84. The Kier molecular flexibility index (Phi) is 4.18. The minimum atomic E-state index is -0.390. The highest BCUT2D eigenvalue weighted by molar-refractivity contribution is 6.34. The Morgan fingerprint density at radius 3 is 2.85 bits per heavy atom. The lowest BCUT2D eigenvalue weighted by Crippen LogP contribution is -2.14. The average molecular weight is 287 g/mol. The average Bonchev–Trinajstić information content (AvgIpc) is 2.49. The Morgan fingerprint density at radius 2 is 2.15 bits per heavy atom. The molecule has 2 aromatic rings. The number of hydrogen-bond acceptors (Lipinski definition) is 4. The fourth-order valence-corrected chi connectivity index (χ4v) is 1.75. The molecule has 1 aromatic heterocycles. The fraction of sp³-hybridized carbons (Fsp3) is 0.0714. The zero-order chi connectivity index (χ0) is 14.5. The highest BCUT2D eigenvalue weighted by atomic mass is 35.5. The van der Waals surface area contributed by atoms with E-state index in [2.05, 4.69) is 15.6 Å². The number of carbonyl (C=O) groups is 1. The standard InChI is InChI=1S/C14H11ClN4O/c1-17-10-4-5-18-13(7-10)14(20)19-12-6-9(8-16)2-3-11(12)15/h2-7H,1H3,(H,17,18)(H,19,20). The van der Waals surface area contributed by atoms with Gasteiger partial charge in [0.05, 0.1) is 22.3 Å². The highest BCUT2D eigenvalue weighted by Gasteiger charge is 2.11. The molecule has 0 unspecified atom stereocenters. The number of benzene rings is 1. The van der Waals surface area contributed by atoms with E-state index in [0.717, 1.165) is 5.69 Å². The molecule has 5 nitrogen and oxygen atoms in total. The van der Waals surface area contributed by atoms with Gasteiger partial charge in [0, 0.05) is 18.9 Å². The largest absolute Gasteiger partial charge is 0.388 e. The number of rotatable bonds is 3. The Bertz CT molecular complexity index is 694. The van der Waals surface area contributed by atoms with E-state index >= 15 is 0 Å². The lowest BCUT2D eigenvalue weighted by molar-refractivity contribution is 0.102. The summed E-state index contributed by atoms with van der Waals surface area (Å²) in [7, 11) is 1.75. The maximum Gasteiger partial charge on any atom is 0.274 e. The predicted molar refractivity (Wildman–Crippen MR) is 77.9 cm³/mol. The summed E-state index contributed by atoms with van der Waals surface area (Å²) in [5.74, 6) is -0.390. The topological polar surface area (TPSA) is 77.8 Å². The lowest BCUT2D eigenvalue weighted by Gasteiger charge is -2.08.